The van der Waals surface area contributed by atoms with E-state index in [4.69, 9.17) is 9.72 Å². The maximum absolute atomic E-state index is 13.4. The summed E-state index contributed by atoms with van der Waals surface area (Å²) in [5, 5.41) is 0.718. The van der Waals surface area contributed by atoms with Crippen molar-refractivity contribution in [3.8, 4) is 11.3 Å². The van der Waals surface area contributed by atoms with E-state index in [1.54, 1.807) is 30.3 Å². The number of Topliss-reactive ketones (excluding diaryl/α,β-unsaturated/α-hetero) is 1. The normalized spacial score (nSPS) is 11.8. The molecule has 166 valence electrons. The number of hydrogen-bond acceptors (Lipinski definition) is 4. The smallest absolute Gasteiger partial charge is 0.339 e. The molecule has 0 aliphatic carbocycles. The van der Waals surface area contributed by atoms with Crippen LogP contribution in [0.4, 0.5) is 0 Å². The molecule has 0 spiro atoms. The molecule has 0 aliphatic heterocycles. The lowest BCUT2D eigenvalue weighted by Crippen LogP contribution is -2.27. The second kappa shape index (κ2) is 9.78. The van der Waals surface area contributed by atoms with Crippen LogP contribution in [-0.4, -0.2) is 22.8 Å². The zero-order valence-electron chi connectivity index (χ0n) is 19.2. The second-order valence-corrected chi connectivity index (χ2v) is 8.11. The Morgan fingerprint density at radius 2 is 1.64 bits per heavy atom. The van der Waals surface area contributed by atoms with Crippen molar-refractivity contribution >= 4 is 22.7 Å². The van der Waals surface area contributed by atoms with Crippen molar-refractivity contribution in [3.63, 3.8) is 0 Å². The third-order valence-corrected chi connectivity index (χ3v) is 5.89. The minimum absolute atomic E-state index is 0.198. The van der Waals surface area contributed by atoms with E-state index in [1.807, 2.05) is 50.2 Å². The molecule has 3 aromatic carbocycles. The average Bonchev–Trinajstić information content (AvgIpc) is 2.87. The van der Waals surface area contributed by atoms with Gasteiger partial charge in [-0.3, -0.25) is 4.79 Å². The molecule has 0 aliphatic rings. The summed E-state index contributed by atoms with van der Waals surface area (Å²) < 4.78 is 5.76. The van der Waals surface area contributed by atoms with Gasteiger partial charge in [0.1, 0.15) is 0 Å². The second-order valence-electron chi connectivity index (χ2n) is 8.11. The van der Waals surface area contributed by atoms with E-state index in [1.165, 1.54) is 5.56 Å². The number of ketones is 1. The SMILES string of the molecule is CCc1ccc(-c2cc(C(=O)OC(CC)C(=O)c3ccccc3)c3cccc(C)c3n2)cc1. The molecule has 0 saturated heterocycles. The van der Waals surface area contributed by atoms with Crippen LogP contribution < -0.4 is 0 Å². The number of nitrogens with zero attached hydrogens (tertiary/aromatic N) is 1. The maximum Gasteiger partial charge on any atom is 0.339 e. The van der Waals surface area contributed by atoms with Gasteiger partial charge in [-0.05, 0) is 37.0 Å². The summed E-state index contributed by atoms with van der Waals surface area (Å²) in [6.07, 6.45) is 0.503. The lowest BCUT2D eigenvalue weighted by atomic mass is 10.0. The third kappa shape index (κ3) is 4.70. The Balaban J connectivity index is 1.74. The molecule has 4 heteroatoms. The van der Waals surface area contributed by atoms with Crippen molar-refractivity contribution in [2.45, 2.75) is 39.7 Å². The van der Waals surface area contributed by atoms with Gasteiger partial charge in [-0.25, -0.2) is 9.78 Å². The van der Waals surface area contributed by atoms with Crippen LogP contribution in [0.25, 0.3) is 22.2 Å². The first-order chi connectivity index (χ1) is 16.0. The Morgan fingerprint density at radius 3 is 2.30 bits per heavy atom. The predicted octanol–water partition coefficient (Wildman–Crippen LogP) is 6.59. The molecule has 0 bridgehead atoms. The van der Waals surface area contributed by atoms with Crippen LogP contribution >= 0.6 is 0 Å². The van der Waals surface area contributed by atoms with Crippen molar-refractivity contribution in [1.29, 1.82) is 0 Å². The molecular formula is C29H27NO3. The summed E-state index contributed by atoms with van der Waals surface area (Å²) in [7, 11) is 0. The van der Waals surface area contributed by atoms with Crippen molar-refractivity contribution in [2.24, 2.45) is 0 Å². The van der Waals surface area contributed by atoms with Gasteiger partial charge < -0.3 is 4.74 Å². The largest absolute Gasteiger partial charge is 0.450 e. The zero-order valence-corrected chi connectivity index (χ0v) is 19.2. The fraction of sp³-hybridized carbons (Fsp3) is 0.207. The first-order valence-corrected chi connectivity index (χ1v) is 11.3. The zero-order chi connectivity index (χ0) is 23.4. The number of benzene rings is 3. The summed E-state index contributed by atoms with van der Waals surface area (Å²) in [5.74, 6) is -0.716. The standard InChI is InChI=1S/C29H27NO3/c1-4-20-14-16-21(17-15-20)25-18-24(23-13-9-10-19(3)27(23)30-25)29(32)33-26(5-2)28(31)22-11-7-6-8-12-22/h6-18,26H,4-5H2,1-3H3. The third-order valence-electron chi connectivity index (χ3n) is 5.89. The Kier molecular flexibility index (Phi) is 6.64. The number of carbonyl (C=O) groups excluding carboxylic acids is 2. The molecule has 0 N–H and O–H groups in total. The van der Waals surface area contributed by atoms with Crippen LogP contribution in [0.5, 0.6) is 0 Å². The lowest BCUT2D eigenvalue weighted by molar-refractivity contribution is 0.0279. The molecule has 4 aromatic rings. The maximum atomic E-state index is 13.4. The molecule has 0 fully saturated rings. The van der Waals surface area contributed by atoms with Crippen LogP contribution in [0.15, 0.2) is 78.9 Å². The Hall–Kier alpha value is -3.79. The highest BCUT2D eigenvalue weighted by Crippen LogP contribution is 2.28. The van der Waals surface area contributed by atoms with E-state index < -0.39 is 12.1 Å². The first-order valence-electron chi connectivity index (χ1n) is 11.3. The molecule has 4 rings (SSSR count). The van der Waals surface area contributed by atoms with Gasteiger partial charge in [-0.15, -0.1) is 0 Å². The molecule has 1 atom stereocenters. The van der Waals surface area contributed by atoms with Crippen molar-refractivity contribution in [3.05, 3.63) is 101 Å². The van der Waals surface area contributed by atoms with Gasteiger partial charge in [0.25, 0.3) is 0 Å². The van der Waals surface area contributed by atoms with Crippen molar-refractivity contribution in [1.82, 2.24) is 4.98 Å². The van der Waals surface area contributed by atoms with Gasteiger partial charge >= 0.3 is 5.97 Å². The highest BCUT2D eigenvalue weighted by molar-refractivity contribution is 6.07. The molecule has 33 heavy (non-hydrogen) atoms. The van der Waals surface area contributed by atoms with Crippen LogP contribution in [-0.2, 0) is 11.2 Å². The molecule has 1 aromatic heterocycles. The van der Waals surface area contributed by atoms with Crippen molar-refractivity contribution in [2.75, 3.05) is 0 Å². The van der Waals surface area contributed by atoms with Crippen LogP contribution in [0.2, 0.25) is 0 Å². The van der Waals surface area contributed by atoms with Gasteiger partial charge in [-0.2, -0.15) is 0 Å². The molecule has 1 unspecified atom stereocenters. The number of aryl methyl sites for hydroxylation is 2. The number of hydrogen-bond donors (Lipinski definition) is 0. The summed E-state index contributed by atoms with van der Waals surface area (Å²) in [6.45, 7) is 5.93. The quantitative estimate of drug-likeness (QED) is 0.242. The fourth-order valence-corrected chi connectivity index (χ4v) is 3.92. The first kappa shape index (κ1) is 22.4. The van der Waals surface area contributed by atoms with E-state index >= 15 is 0 Å². The van der Waals surface area contributed by atoms with Gasteiger partial charge in [-0.1, -0.05) is 86.6 Å². The Morgan fingerprint density at radius 1 is 0.909 bits per heavy atom. The molecule has 4 nitrogen and oxygen atoms in total. The molecule has 0 amide bonds. The molecular weight excluding hydrogens is 410 g/mol. The van der Waals surface area contributed by atoms with Gasteiger partial charge in [0.2, 0.25) is 5.78 Å². The minimum atomic E-state index is -0.847. The number of esters is 1. The number of aromatic nitrogens is 1. The van der Waals surface area contributed by atoms with E-state index in [-0.39, 0.29) is 5.78 Å². The number of rotatable bonds is 7. The van der Waals surface area contributed by atoms with E-state index in [9.17, 15) is 9.59 Å². The monoisotopic (exact) mass is 437 g/mol. The van der Waals surface area contributed by atoms with Gasteiger partial charge in [0.15, 0.2) is 6.10 Å². The predicted molar refractivity (Wildman–Crippen MR) is 132 cm³/mol. The number of pyridine rings is 1. The highest BCUT2D eigenvalue weighted by Gasteiger charge is 2.25. The van der Waals surface area contributed by atoms with Crippen LogP contribution in [0.1, 0.15) is 52.1 Å². The van der Waals surface area contributed by atoms with Crippen LogP contribution in [0, 0.1) is 6.92 Å². The molecule has 0 radical (unpaired) electrons. The minimum Gasteiger partial charge on any atom is -0.450 e. The number of carbonyl (C=O) groups is 2. The summed E-state index contributed by atoms with van der Waals surface area (Å²) in [6, 6.07) is 24.6. The topological polar surface area (TPSA) is 56.3 Å². The number of fused-ring (bicyclic) bond motifs is 1. The van der Waals surface area contributed by atoms with Gasteiger partial charge in [0, 0.05) is 16.5 Å². The highest BCUT2D eigenvalue weighted by atomic mass is 16.5. The van der Waals surface area contributed by atoms with Crippen LogP contribution in [0.3, 0.4) is 0 Å². The van der Waals surface area contributed by atoms with Gasteiger partial charge in [0.05, 0.1) is 16.8 Å². The molecule has 0 saturated carbocycles. The van der Waals surface area contributed by atoms with Crippen molar-refractivity contribution < 1.29 is 14.3 Å². The number of para-hydroxylation sites is 1. The number of ether oxygens (including phenoxy) is 1. The summed E-state index contributed by atoms with van der Waals surface area (Å²) >= 11 is 0. The molecule has 1 heterocycles. The average molecular weight is 438 g/mol. The Bertz CT molecular complexity index is 1290. The van der Waals surface area contributed by atoms with E-state index in [2.05, 4.69) is 19.1 Å². The van der Waals surface area contributed by atoms with E-state index in [0.29, 0.717) is 23.2 Å². The van der Waals surface area contributed by atoms with E-state index in [0.717, 1.165) is 28.5 Å². The summed E-state index contributed by atoms with van der Waals surface area (Å²) in [4.78, 5) is 31.1. The summed E-state index contributed by atoms with van der Waals surface area (Å²) in [5.41, 5.74) is 5.54. The Labute approximate surface area is 194 Å². The fourth-order valence-electron chi connectivity index (χ4n) is 3.92. The lowest BCUT2D eigenvalue weighted by Gasteiger charge is -2.17.